The van der Waals surface area contributed by atoms with Gasteiger partial charge in [0.05, 0.1) is 28.0 Å². The lowest BCUT2D eigenvalue weighted by molar-refractivity contribution is -0.0516. The van der Waals surface area contributed by atoms with E-state index in [1.807, 2.05) is 4.90 Å². The van der Waals surface area contributed by atoms with Gasteiger partial charge >= 0.3 is 0 Å². The number of aliphatic hydroxyl groups is 2. The molecule has 0 saturated carbocycles. The molecule has 4 N–H and O–H groups in total. The molecule has 3 heterocycles. The van der Waals surface area contributed by atoms with E-state index in [0.717, 1.165) is 0 Å². The van der Waals surface area contributed by atoms with Gasteiger partial charge in [-0.2, -0.15) is 0 Å². The molecule has 1 unspecified atom stereocenters. The molecule has 0 radical (unpaired) electrons. The standard InChI is InChI=1S/C22H25ClFN5O3/c1-22(2,31)19(30)16-10-15-17(11-26-16)28-21(20(25)27-15)29-7-5-13(6-8-29)32-18-4-3-12(24)9-14(18)23/h3-4,9-11,13,19,30-31H,5-8H2,1-2H3,(H2,25,27). The monoisotopic (exact) mass is 461 g/mol. The Bertz CT molecular complexity index is 1130. The van der Waals surface area contributed by atoms with Crippen molar-refractivity contribution in [2.45, 2.75) is 44.5 Å². The summed E-state index contributed by atoms with van der Waals surface area (Å²) in [5.74, 6) is 0.895. The van der Waals surface area contributed by atoms with E-state index in [2.05, 4.69) is 15.0 Å². The average molecular weight is 462 g/mol. The summed E-state index contributed by atoms with van der Waals surface area (Å²) in [4.78, 5) is 15.3. The number of aliphatic hydroxyl groups excluding tert-OH is 1. The zero-order valence-corrected chi connectivity index (χ0v) is 18.6. The molecule has 0 aliphatic carbocycles. The van der Waals surface area contributed by atoms with E-state index in [1.54, 1.807) is 6.07 Å². The summed E-state index contributed by atoms with van der Waals surface area (Å²) in [6.07, 6.45) is 1.71. The van der Waals surface area contributed by atoms with Gasteiger partial charge in [0, 0.05) is 25.9 Å². The Hall–Kier alpha value is -2.75. The van der Waals surface area contributed by atoms with Gasteiger partial charge in [-0.05, 0) is 38.1 Å². The van der Waals surface area contributed by atoms with E-state index < -0.39 is 17.5 Å². The van der Waals surface area contributed by atoms with Gasteiger partial charge in [0.15, 0.2) is 11.6 Å². The van der Waals surface area contributed by atoms with Gasteiger partial charge in [-0.15, -0.1) is 0 Å². The van der Waals surface area contributed by atoms with E-state index >= 15 is 0 Å². The number of rotatable bonds is 5. The molecule has 1 atom stereocenters. The van der Waals surface area contributed by atoms with Gasteiger partial charge < -0.3 is 25.6 Å². The fourth-order valence-electron chi connectivity index (χ4n) is 3.66. The molecule has 10 heteroatoms. The molecule has 170 valence electrons. The van der Waals surface area contributed by atoms with E-state index in [1.165, 1.54) is 38.2 Å². The molecular weight excluding hydrogens is 437 g/mol. The number of aromatic nitrogens is 3. The number of ether oxygens (including phenoxy) is 1. The maximum atomic E-state index is 13.2. The molecular formula is C22H25ClFN5O3. The van der Waals surface area contributed by atoms with Gasteiger partial charge in [-0.3, -0.25) is 4.98 Å². The van der Waals surface area contributed by atoms with Crippen molar-refractivity contribution >= 4 is 34.3 Å². The number of nitrogen functional groups attached to an aromatic ring is 1. The van der Waals surface area contributed by atoms with Crippen LogP contribution in [0.3, 0.4) is 0 Å². The van der Waals surface area contributed by atoms with E-state index in [4.69, 9.17) is 22.1 Å². The Labute approximate surface area is 189 Å². The van der Waals surface area contributed by atoms with Gasteiger partial charge in [-0.1, -0.05) is 11.6 Å². The molecule has 2 aromatic heterocycles. The highest BCUT2D eigenvalue weighted by Gasteiger charge is 2.28. The molecule has 0 amide bonds. The number of piperidine rings is 1. The first kappa shape index (κ1) is 22.4. The number of pyridine rings is 1. The predicted octanol–water partition coefficient (Wildman–Crippen LogP) is 3.25. The van der Waals surface area contributed by atoms with E-state index in [-0.39, 0.29) is 16.9 Å². The number of benzene rings is 1. The fraction of sp³-hybridized carbons (Fsp3) is 0.409. The normalized spacial score (nSPS) is 16.4. The maximum Gasteiger partial charge on any atom is 0.172 e. The van der Waals surface area contributed by atoms with Crippen LogP contribution in [-0.2, 0) is 0 Å². The lowest BCUT2D eigenvalue weighted by Gasteiger charge is -2.33. The summed E-state index contributed by atoms with van der Waals surface area (Å²) < 4.78 is 19.2. The predicted molar refractivity (Wildman–Crippen MR) is 120 cm³/mol. The number of nitrogens with zero attached hydrogens (tertiary/aromatic N) is 4. The van der Waals surface area contributed by atoms with Crippen LogP contribution < -0.4 is 15.4 Å². The summed E-state index contributed by atoms with van der Waals surface area (Å²) >= 11 is 6.06. The SMILES string of the molecule is CC(C)(O)C(O)c1cc2nc(N)c(N3CCC(Oc4ccc(F)cc4Cl)CC3)nc2cn1. The first-order valence-corrected chi connectivity index (χ1v) is 10.7. The number of hydrogen-bond donors (Lipinski definition) is 3. The highest BCUT2D eigenvalue weighted by atomic mass is 35.5. The summed E-state index contributed by atoms with van der Waals surface area (Å²) in [7, 11) is 0. The van der Waals surface area contributed by atoms with Gasteiger partial charge in [-0.25, -0.2) is 14.4 Å². The molecule has 32 heavy (non-hydrogen) atoms. The molecule has 1 aliphatic rings. The molecule has 4 rings (SSSR count). The average Bonchev–Trinajstić information content (AvgIpc) is 2.74. The number of fused-ring (bicyclic) bond motifs is 1. The molecule has 1 aromatic carbocycles. The second-order valence-corrected chi connectivity index (χ2v) is 8.87. The van der Waals surface area contributed by atoms with Crippen molar-refractivity contribution in [3.05, 3.63) is 47.0 Å². The minimum absolute atomic E-state index is 0.0589. The number of halogens is 2. The molecule has 1 fully saturated rings. The van der Waals surface area contributed by atoms with Gasteiger partial charge in [0.2, 0.25) is 0 Å². The first-order chi connectivity index (χ1) is 15.1. The second-order valence-electron chi connectivity index (χ2n) is 8.47. The molecule has 0 spiro atoms. The lowest BCUT2D eigenvalue weighted by atomic mass is 9.98. The van der Waals surface area contributed by atoms with Crippen LogP contribution in [0.25, 0.3) is 11.0 Å². The Balaban J connectivity index is 1.47. The summed E-state index contributed by atoms with van der Waals surface area (Å²) in [6, 6.07) is 5.67. The Morgan fingerprint density at radius 3 is 2.59 bits per heavy atom. The summed E-state index contributed by atoms with van der Waals surface area (Å²) in [5, 5.41) is 20.5. The number of nitrogens with two attached hydrogens (primary N) is 1. The second kappa shape index (κ2) is 8.65. The highest BCUT2D eigenvalue weighted by Crippen LogP contribution is 2.31. The number of hydrogen-bond acceptors (Lipinski definition) is 8. The minimum atomic E-state index is -1.34. The quantitative estimate of drug-likeness (QED) is 0.530. The van der Waals surface area contributed by atoms with Crippen molar-refractivity contribution in [2.75, 3.05) is 23.7 Å². The zero-order chi connectivity index (χ0) is 23.0. The van der Waals surface area contributed by atoms with Crippen molar-refractivity contribution in [3.8, 4) is 5.75 Å². The molecule has 0 bridgehead atoms. The molecule has 1 saturated heterocycles. The third-order valence-electron chi connectivity index (χ3n) is 5.46. The van der Waals surface area contributed by atoms with Crippen LogP contribution in [-0.4, -0.2) is 50.0 Å². The zero-order valence-electron chi connectivity index (χ0n) is 17.8. The fourth-order valence-corrected chi connectivity index (χ4v) is 3.87. The molecule has 3 aromatic rings. The summed E-state index contributed by atoms with van der Waals surface area (Å²) in [5.41, 5.74) is 6.17. The van der Waals surface area contributed by atoms with Gasteiger partial charge in [0.25, 0.3) is 0 Å². The highest BCUT2D eigenvalue weighted by molar-refractivity contribution is 6.32. The van der Waals surface area contributed by atoms with Crippen LogP contribution in [0, 0.1) is 5.82 Å². The lowest BCUT2D eigenvalue weighted by Crippen LogP contribution is -2.39. The Morgan fingerprint density at radius 1 is 1.22 bits per heavy atom. The van der Waals surface area contributed by atoms with Crippen molar-refractivity contribution in [3.63, 3.8) is 0 Å². The van der Waals surface area contributed by atoms with Crippen LogP contribution in [0.5, 0.6) is 5.75 Å². The van der Waals surface area contributed by atoms with E-state index in [9.17, 15) is 14.6 Å². The largest absolute Gasteiger partial charge is 0.489 e. The van der Waals surface area contributed by atoms with Crippen molar-refractivity contribution in [1.82, 2.24) is 15.0 Å². The van der Waals surface area contributed by atoms with Crippen LogP contribution in [0.2, 0.25) is 5.02 Å². The Morgan fingerprint density at radius 2 is 1.94 bits per heavy atom. The van der Waals surface area contributed by atoms with Crippen LogP contribution in [0.4, 0.5) is 16.0 Å². The first-order valence-electron chi connectivity index (χ1n) is 10.3. The van der Waals surface area contributed by atoms with E-state index in [0.29, 0.717) is 54.2 Å². The van der Waals surface area contributed by atoms with Gasteiger partial charge in [0.1, 0.15) is 29.3 Å². The third-order valence-corrected chi connectivity index (χ3v) is 5.75. The Kier molecular flexibility index (Phi) is 6.07. The minimum Gasteiger partial charge on any atom is -0.489 e. The topological polar surface area (TPSA) is 118 Å². The molecule has 8 nitrogen and oxygen atoms in total. The number of anilines is 2. The van der Waals surface area contributed by atoms with Crippen molar-refractivity contribution in [2.24, 2.45) is 0 Å². The summed E-state index contributed by atoms with van der Waals surface area (Å²) in [6.45, 7) is 4.31. The van der Waals surface area contributed by atoms with Crippen molar-refractivity contribution in [1.29, 1.82) is 0 Å². The third kappa shape index (κ3) is 4.69. The molecule has 1 aliphatic heterocycles. The van der Waals surface area contributed by atoms with Crippen molar-refractivity contribution < 1.29 is 19.3 Å². The van der Waals surface area contributed by atoms with Crippen LogP contribution in [0.1, 0.15) is 38.5 Å². The van der Waals surface area contributed by atoms with Crippen LogP contribution >= 0.6 is 11.6 Å². The van der Waals surface area contributed by atoms with Crippen LogP contribution in [0.15, 0.2) is 30.5 Å². The smallest absolute Gasteiger partial charge is 0.172 e. The maximum absolute atomic E-state index is 13.2.